The highest BCUT2D eigenvalue weighted by Crippen LogP contribution is 2.21. The fraction of sp³-hybridized carbons (Fsp3) is 0.400. The summed E-state index contributed by atoms with van der Waals surface area (Å²) in [5.41, 5.74) is 1.78. The molecule has 0 fully saturated rings. The third kappa shape index (κ3) is 2.90. The van der Waals surface area contributed by atoms with Crippen LogP contribution in [0.4, 0.5) is 5.69 Å². The lowest BCUT2D eigenvalue weighted by Gasteiger charge is -2.13. The fourth-order valence-corrected chi connectivity index (χ4v) is 1.34. The minimum Gasteiger partial charge on any atom is -0.392 e. The minimum atomic E-state index is 0.00954. The zero-order valence-corrected chi connectivity index (χ0v) is 8.60. The van der Waals surface area contributed by atoms with E-state index in [0.717, 1.165) is 11.3 Å². The van der Waals surface area contributed by atoms with E-state index in [1.807, 2.05) is 12.1 Å². The first-order valence-corrected chi connectivity index (χ1v) is 4.67. The van der Waals surface area contributed by atoms with Gasteiger partial charge < -0.3 is 10.4 Å². The van der Waals surface area contributed by atoms with Crippen molar-refractivity contribution in [3.63, 3.8) is 0 Å². The van der Waals surface area contributed by atoms with Crippen molar-refractivity contribution in [1.29, 1.82) is 0 Å². The summed E-state index contributed by atoms with van der Waals surface area (Å²) < 4.78 is 0. The maximum Gasteiger partial charge on any atom is 0.0702 e. The Balaban J connectivity index is 2.92. The van der Waals surface area contributed by atoms with Gasteiger partial charge in [-0.3, -0.25) is 0 Å². The van der Waals surface area contributed by atoms with Crippen LogP contribution in [0.15, 0.2) is 18.2 Å². The van der Waals surface area contributed by atoms with Crippen LogP contribution in [0.25, 0.3) is 0 Å². The molecule has 2 nitrogen and oxygen atoms in total. The van der Waals surface area contributed by atoms with Crippen LogP contribution < -0.4 is 5.32 Å². The normalized spacial score (nSPS) is 10.5. The van der Waals surface area contributed by atoms with Gasteiger partial charge in [-0.05, 0) is 32.0 Å². The lowest BCUT2D eigenvalue weighted by Crippen LogP contribution is -2.11. The third-order valence-corrected chi connectivity index (χ3v) is 1.92. The zero-order valence-electron chi connectivity index (χ0n) is 7.84. The van der Waals surface area contributed by atoms with Gasteiger partial charge in [0.05, 0.1) is 6.61 Å². The molecule has 0 aromatic heterocycles. The number of anilines is 1. The van der Waals surface area contributed by atoms with Gasteiger partial charge in [-0.25, -0.2) is 0 Å². The van der Waals surface area contributed by atoms with Crippen molar-refractivity contribution >= 4 is 17.3 Å². The number of nitrogens with one attached hydrogen (secondary N) is 1. The number of rotatable bonds is 3. The Labute approximate surface area is 83.5 Å². The lowest BCUT2D eigenvalue weighted by atomic mass is 10.2. The predicted octanol–water partition coefficient (Wildman–Crippen LogP) is 2.65. The van der Waals surface area contributed by atoms with E-state index in [1.165, 1.54) is 0 Å². The highest BCUT2D eigenvalue weighted by atomic mass is 35.5. The van der Waals surface area contributed by atoms with Crippen molar-refractivity contribution < 1.29 is 5.11 Å². The topological polar surface area (TPSA) is 32.3 Å². The Kier molecular flexibility index (Phi) is 3.58. The molecule has 0 saturated carbocycles. The van der Waals surface area contributed by atoms with E-state index < -0.39 is 0 Å². The van der Waals surface area contributed by atoms with Crippen LogP contribution in [0.3, 0.4) is 0 Å². The molecule has 1 rings (SSSR count). The number of aliphatic hydroxyl groups is 1. The van der Waals surface area contributed by atoms with Gasteiger partial charge >= 0.3 is 0 Å². The molecular formula is C10H14ClNO. The number of hydrogen-bond donors (Lipinski definition) is 2. The average molecular weight is 200 g/mol. The Bertz CT molecular complexity index is 286. The van der Waals surface area contributed by atoms with Crippen molar-refractivity contribution in [1.82, 2.24) is 0 Å². The van der Waals surface area contributed by atoms with E-state index in [0.29, 0.717) is 11.1 Å². The first-order chi connectivity index (χ1) is 6.13. The molecule has 0 aliphatic heterocycles. The summed E-state index contributed by atoms with van der Waals surface area (Å²) in [6.07, 6.45) is 0. The van der Waals surface area contributed by atoms with E-state index in [1.54, 1.807) is 6.07 Å². The summed E-state index contributed by atoms with van der Waals surface area (Å²) in [7, 11) is 0. The van der Waals surface area contributed by atoms with Crippen LogP contribution in [0, 0.1) is 0 Å². The Morgan fingerprint density at radius 3 is 2.69 bits per heavy atom. The van der Waals surface area contributed by atoms with Gasteiger partial charge in [0, 0.05) is 22.3 Å². The first-order valence-electron chi connectivity index (χ1n) is 4.29. The SMILES string of the molecule is CC(C)Nc1ccc(Cl)cc1CO. The average Bonchev–Trinajstić information content (AvgIpc) is 2.07. The summed E-state index contributed by atoms with van der Waals surface area (Å²) in [5, 5.41) is 12.9. The minimum absolute atomic E-state index is 0.00954. The summed E-state index contributed by atoms with van der Waals surface area (Å²) in [5.74, 6) is 0. The third-order valence-electron chi connectivity index (χ3n) is 1.68. The monoisotopic (exact) mass is 199 g/mol. The second-order valence-electron chi connectivity index (χ2n) is 3.26. The van der Waals surface area contributed by atoms with E-state index in [4.69, 9.17) is 16.7 Å². The van der Waals surface area contributed by atoms with E-state index in [9.17, 15) is 0 Å². The van der Waals surface area contributed by atoms with Gasteiger partial charge in [-0.1, -0.05) is 11.6 Å². The first kappa shape index (κ1) is 10.4. The number of hydrogen-bond acceptors (Lipinski definition) is 2. The number of halogens is 1. The van der Waals surface area contributed by atoms with Crippen LogP contribution in [-0.2, 0) is 6.61 Å². The molecule has 0 aliphatic carbocycles. The summed E-state index contributed by atoms with van der Waals surface area (Å²) in [4.78, 5) is 0. The van der Waals surface area contributed by atoms with Crippen molar-refractivity contribution in [2.24, 2.45) is 0 Å². The van der Waals surface area contributed by atoms with Crippen molar-refractivity contribution in [3.8, 4) is 0 Å². The maximum absolute atomic E-state index is 9.06. The molecule has 0 radical (unpaired) electrons. The van der Waals surface area contributed by atoms with Crippen LogP contribution in [0.5, 0.6) is 0 Å². The second kappa shape index (κ2) is 4.49. The molecule has 0 atom stereocenters. The molecule has 0 unspecified atom stereocenters. The van der Waals surface area contributed by atoms with Crippen molar-refractivity contribution in [2.45, 2.75) is 26.5 Å². The fourth-order valence-electron chi connectivity index (χ4n) is 1.14. The molecular weight excluding hydrogens is 186 g/mol. The van der Waals surface area contributed by atoms with Gasteiger partial charge in [0.2, 0.25) is 0 Å². The molecule has 0 heterocycles. The quantitative estimate of drug-likeness (QED) is 0.785. The summed E-state index contributed by atoms with van der Waals surface area (Å²) >= 11 is 5.79. The smallest absolute Gasteiger partial charge is 0.0702 e. The molecule has 0 saturated heterocycles. The molecule has 0 spiro atoms. The van der Waals surface area contributed by atoms with Crippen LogP contribution in [0.1, 0.15) is 19.4 Å². The maximum atomic E-state index is 9.06. The Morgan fingerprint density at radius 1 is 1.46 bits per heavy atom. The van der Waals surface area contributed by atoms with E-state index >= 15 is 0 Å². The van der Waals surface area contributed by atoms with Crippen molar-refractivity contribution in [3.05, 3.63) is 28.8 Å². The molecule has 1 aromatic carbocycles. The van der Waals surface area contributed by atoms with Crippen LogP contribution in [-0.4, -0.2) is 11.1 Å². The van der Waals surface area contributed by atoms with Gasteiger partial charge in [-0.2, -0.15) is 0 Å². The lowest BCUT2D eigenvalue weighted by molar-refractivity contribution is 0.282. The molecule has 3 heteroatoms. The van der Waals surface area contributed by atoms with E-state index in [2.05, 4.69) is 19.2 Å². The highest BCUT2D eigenvalue weighted by molar-refractivity contribution is 6.30. The van der Waals surface area contributed by atoms with Crippen molar-refractivity contribution in [2.75, 3.05) is 5.32 Å². The van der Waals surface area contributed by atoms with Crippen LogP contribution in [0.2, 0.25) is 5.02 Å². The van der Waals surface area contributed by atoms with Crippen LogP contribution >= 0.6 is 11.6 Å². The Morgan fingerprint density at radius 2 is 2.15 bits per heavy atom. The second-order valence-corrected chi connectivity index (χ2v) is 3.70. The van der Waals surface area contributed by atoms with Gasteiger partial charge in [0.25, 0.3) is 0 Å². The summed E-state index contributed by atoms with van der Waals surface area (Å²) in [6.45, 7) is 4.11. The molecule has 13 heavy (non-hydrogen) atoms. The zero-order chi connectivity index (χ0) is 9.84. The molecule has 0 aliphatic rings. The van der Waals surface area contributed by atoms with Gasteiger partial charge in [0.15, 0.2) is 0 Å². The largest absolute Gasteiger partial charge is 0.392 e. The number of benzene rings is 1. The standard InChI is InChI=1S/C10H14ClNO/c1-7(2)12-10-4-3-9(11)5-8(10)6-13/h3-5,7,12-13H,6H2,1-2H3. The van der Waals surface area contributed by atoms with E-state index in [-0.39, 0.29) is 6.61 Å². The molecule has 0 amide bonds. The number of aliphatic hydroxyl groups excluding tert-OH is 1. The molecule has 2 N–H and O–H groups in total. The molecule has 72 valence electrons. The highest BCUT2D eigenvalue weighted by Gasteiger charge is 2.02. The molecule has 0 bridgehead atoms. The van der Waals surface area contributed by atoms with Gasteiger partial charge in [-0.15, -0.1) is 0 Å². The summed E-state index contributed by atoms with van der Waals surface area (Å²) in [6, 6.07) is 5.82. The molecule has 1 aromatic rings. The Hall–Kier alpha value is -0.730. The van der Waals surface area contributed by atoms with Gasteiger partial charge in [0.1, 0.15) is 0 Å². The predicted molar refractivity (Wildman–Crippen MR) is 56.1 cm³/mol.